The molecular weight excluding hydrogens is 176 g/mol. The van der Waals surface area contributed by atoms with E-state index < -0.39 is 0 Å². The smallest absolute Gasteiger partial charge is 0.293 e. The van der Waals surface area contributed by atoms with Crippen molar-refractivity contribution >= 4 is 28.7 Å². The molecular formula is C8H7ClN2O. The largest absolute Gasteiger partial charge is 0.422 e. The maximum Gasteiger partial charge on any atom is 0.293 e. The summed E-state index contributed by atoms with van der Waals surface area (Å²) in [6.07, 6.45) is 0. The standard InChI is InChI=1S/C8H7ClN2O/c1-4-2-5(9)7-6(3-4)11-8(10)12-7/h2-3H,1H3,(H2,10,11). The molecule has 0 spiro atoms. The van der Waals surface area contributed by atoms with E-state index in [2.05, 4.69) is 4.98 Å². The Balaban J connectivity index is 2.88. The highest BCUT2D eigenvalue weighted by molar-refractivity contribution is 6.34. The molecule has 0 unspecified atom stereocenters. The van der Waals surface area contributed by atoms with Crippen molar-refractivity contribution in [1.82, 2.24) is 4.98 Å². The van der Waals surface area contributed by atoms with Crippen LogP contribution in [-0.4, -0.2) is 4.98 Å². The minimum atomic E-state index is 0.150. The normalized spacial score (nSPS) is 10.8. The molecule has 0 aliphatic rings. The van der Waals surface area contributed by atoms with Gasteiger partial charge in [0.15, 0.2) is 5.58 Å². The molecule has 2 aromatic rings. The zero-order valence-corrected chi connectivity index (χ0v) is 7.22. The Bertz CT molecular complexity index is 436. The summed E-state index contributed by atoms with van der Waals surface area (Å²) in [5.41, 5.74) is 7.68. The van der Waals surface area contributed by atoms with Crippen LogP contribution in [0.15, 0.2) is 16.5 Å². The molecule has 0 aliphatic carbocycles. The van der Waals surface area contributed by atoms with Gasteiger partial charge in [-0.1, -0.05) is 11.6 Å². The summed E-state index contributed by atoms with van der Waals surface area (Å²) in [6, 6.07) is 3.84. The molecule has 1 aromatic carbocycles. The first-order valence-corrected chi connectivity index (χ1v) is 3.87. The third-order valence-electron chi connectivity index (χ3n) is 1.61. The van der Waals surface area contributed by atoms with Crippen molar-refractivity contribution in [3.8, 4) is 0 Å². The Morgan fingerprint density at radius 1 is 1.50 bits per heavy atom. The lowest BCUT2D eigenvalue weighted by Crippen LogP contribution is -1.80. The molecule has 0 bridgehead atoms. The first kappa shape index (κ1) is 7.43. The number of benzene rings is 1. The van der Waals surface area contributed by atoms with Crippen LogP contribution in [0.25, 0.3) is 11.1 Å². The number of aryl methyl sites for hydroxylation is 1. The Hall–Kier alpha value is -1.22. The average Bonchev–Trinajstić information content (AvgIpc) is 2.29. The van der Waals surface area contributed by atoms with E-state index in [9.17, 15) is 0 Å². The third-order valence-corrected chi connectivity index (χ3v) is 1.89. The summed E-state index contributed by atoms with van der Waals surface area (Å²) in [5.74, 6) is 0. The van der Waals surface area contributed by atoms with Crippen molar-refractivity contribution in [1.29, 1.82) is 0 Å². The summed E-state index contributed by atoms with van der Waals surface area (Å²) >= 11 is 5.89. The topological polar surface area (TPSA) is 52.0 Å². The van der Waals surface area contributed by atoms with Crippen molar-refractivity contribution in [2.24, 2.45) is 0 Å². The molecule has 62 valence electrons. The van der Waals surface area contributed by atoms with Gasteiger partial charge in [0.25, 0.3) is 6.01 Å². The van der Waals surface area contributed by atoms with Crippen molar-refractivity contribution in [2.75, 3.05) is 5.73 Å². The zero-order valence-electron chi connectivity index (χ0n) is 6.47. The lowest BCUT2D eigenvalue weighted by molar-refractivity contribution is 0.626. The fourth-order valence-electron chi connectivity index (χ4n) is 1.14. The number of nitrogen functional groups attached to an aromatic ring is 1. The van der Waals surface area contributed by atoms with E-state index in [1.807, 2.05) is 19.1 Å². The first-order valence-electron chi connectivity index (χ1n) is 3.49. The lowest BCUT2D eigenvalue weighted by Gasteiger charge is -1.92. The second-order valence-corrected chi connectivity index (χ2v) is 3.05. The molecule has 0 saturated heterocycles. The van der Waals surface area contributed by atoms with E-state index >= 15 is 0 Å². The molecule has 1 aromatic heterocycles. The molecule has 4 heteroatoms. The van der Waals surface area contributed by atoms with E-state index in [1.165, 1.54) is 0 Å². The van der Waals surface area contributed by atoms with E-state index in [1.54, 1.807) is 0 Å². The van der Waals surface area contributed by atoms with Crippen LogP contribution >= 0.6 is 11.6 Å². The second kappa shape index (κ2) is 2.38. The van der Waals surface area contributed by atoms with Crippen LogP contribution in [-0.2, 0) is 0 Å². The maximum atomic E-state index is 5.89. The van der Waals surface area contributed by atoms with Gasteiger partial charge >= 0.3 is 0 Å². The Kier molecular flexibility index (Phi) is 1.48. The van der Waals surface area contributed by atoms with E-state index in [-0.39, 0.29) is 6.01 Å². The fraction of sp³-hybridized carbons (Fsp3) is 0.125. The molecule has 2 rings (SSSR count). The van der Waals surface area contributed by atoms with Crippen molar-refractivity contribution < 1.29 is 4.42 Å². The number of rotatable bonds is 0. The molecule has 0 aliphatic heterocycles. The van der Waals surface area contributed by atoms with E-state index in [0.717, 1.165) is 5.56 Å². The fourth-order valence-corrected chi connectivity index (χ4v) is 1.45. The molecule has 1 heterocycles. The van der Waals surface area contributed by atoms with Gasteiger partial charge in [0.1, 0.15) is 5.52 Å². The first-order chi connectivity index (χ1) is 5.66. The number of anilines is 1. The van der Waals surface area contributed by atoms with Gasteiger partial charge in [-0.05, 0) is 24.6 Å². The summed E-state index contributed by atoms with van der Waals surface area (Å²) in [7, 11) is 0. The number of fused-ring (bicyclic) bond motifs is 1. The molecule has 0 atom stereocenters. The molecule has 0 amide bonds. The number of oxazole rings is 1. The number of nitrogens with two attached hydrogens (primary N) is 1. The predicted octanol–water partition coefficient (Wildman–Crippen LogP) is 2.37. The number of halogens is 1. The van der Waals surface area contributed by atoms with E-state index in [0.29, 0.717) is 16.1 Å². The highest BCUT2D eigenvalue weighted by atomic mass is 35.5. The van der Waals surface area contributed by atoms with Gasteiger partial charge in [0.2, 0.25) is 0 Å². The van der Waals surface area contributed by atoms with E-state index in [4.69, 9.17) is 21.8 Å². The molecule has 0 fully saturated rings. The van der Waals surface area contributed by atoms with Crippen LogP contribution < -0.4 is 5.73 Å². The van der Waals surface area contributed by atoms with Gasteiger partial charge in [-0.3, -0.25) is 0 Å². The zero-order chi connectivity index (χ0) is 8.72. The number of hydrogen-bond donors (Lipinski definition) is 1. The quantitative estimate of drug-likeness (QED) is 0.681. The van der Waals surface area contributed by atoms with Gasteiger partial charge in [0, 0.05) is 0 Å². The second-order valence-electron chi connectivity index (χ2n) is 2.65. The van der Waals surface area contributed by atoms with Crippen molar-refractivity contribution in [3.63, 3.8) is 0 Å². The number of hydrogen-bond acceptors (Lipinski definition) is 3. The minimum absolute atomic E-state index is 0.150. The van der Waals surface area contributed by atoms with Gasteiger partial charge in [0.05, 0.1) is 5.02 Å². The number of aromatic nitrogens is 1. The summed E-state index contributed by atoms with van der Waals surface area (Å²) < 4.78 is 5.09. The maximum absolute atomic E-state index is 5.89. The summed E-state index contributed by atoms with van der Waals surface area (Å²) in [5, 5.41) is 0.550. The third kappa shape index (κ3) is 1.02. The highest BCUT2D eigenvalue weighted by Crippen LogP contribution is 2.26. The van der Waals surface area contributed by atoms with Crippen molar-refractivity contribution in [2.45, 2.75) is 6.92 Å². The van der Waals surface area contributed by atoms with Crippen molar-refractivity contribution in [3.05, 3.63) is 22.7 Å². The predicted molar refractivity (Wildman–Crippen MR) is 48.2 cm³/mol. The van der Waals surface area contributed by atoms with Gasteiger partial charge < -0.3 is 10.2 Å². The Morgan fingerprint density at radius 2 is 2.25 bits per heavy atom. The average molecular weight is 183 g/mol. The molecule has 0 radical (unpaired) electrons. The van der Waals surface area contributed by atoms with Crippen LogP contribution in [0, 0.1) is 6.92 Å². The minimum Gasteiger partial charge on any atom is -0.422 e. The van der Waals surface area contributed by atoms with Crippen LogP contribution in [0.3, 0.4) is 0 Å². The lowest BCUT2D eigenvalue weighted by atomic mass is 10.2. The van der Waals surface area contributed by atoms with Gasteiger partial charge in [-0.2, -0.15) is 4.98 Å². The Labute approximate surface area is 74.1 Å². The molecule has 12 heavy (non-hydrogen) atoms. The summed E-state index contributed by atoms with van der Waals surface area (Å²) in [6.45, 7) is 1.94. The van der Waals surface area contributed by atoms with Crippen LogP contribution in [0.4, 0.5) is 6.01 Å². The van der Waals surface area contributed by atoms with Crippen LogP contribution in [0.2, 0.25) is 5.02 Å². The van der Waals surface area contributed by atoms with Crippen LogP contribution in [0.1, 0.15) is 5.56 Å². The monoisotopic (exact) mass is 182 g/mol. The highest BCUT2D eigenvalue weighted by Gasteiger charge is 2.06. The SMILES string of the molecule is Cc1cc(Cl)c2oc(N)nc2c1. The van der Waals surface area contributed by atoms with Crippen LogP contribution in [0.5, 0.6) is 0 Å². The van der Waals surface area contributed by atoms with Gasteiger partial charge in [-0.15, -0.1) is 0 Å². The Morgan fingerprint density at radius 3 is 3.00 bits per heavy atom. The van der Waals surface area contributed by atoms with Gasteiger partial charge in [-0.25, -0.2) is 0 Å². The summed E-state index contributed by atoms with van der Waals surface area (Å²) in [4.78, 5) is 3.96. The molecule has 0 saturated carbocycles. The number of nitrogens with zero attached hydrogens (tertiary/aromatic N) is 1. The molecule has 3 nitrogen and oxygen atoms in total. The molecule has 2 N–H and O–H groups in total.